The van der Waals surface area contributed by atoms with Crippen molar-refractivity contribution in [3.05, 3.63) is 10.9 Å². The zero-order chi connectivity index (χ0) is 14.8. The molecule has 0 N–H and O–H groups in total. The van der Waals surface area contributed by atoms with Gasteiger partial charge in [-0.2, -0.15) is 13.2 Å². The fourth-order valence-corrected chi connectivity index (χ4v) is 2.46. The lowest BCUT2D eigenvalue weighted by molar-refractivity contribution is -0.138. The van der Waals surface area contributed by atoms with Crippen LogP contribution in [0.25, 0.3) is 0 Å². The topological polar surface area (TPSA) is 91.0 Å². The molecule has 0 spiro atoms. The van der Waals surface area contributed by atoms with Crippen molar-refractivity contribution in [3.63, 3.8) is 0 Å². The Labute approximate surface area is 117 Å². The Morgan fingerprint density at radius 1 is 1.35 bits per heavy atom. The summed E-state index contributed by atoms with van der Waals surface area (Å²) in [4.78, 5) is 11.2. The molecule has 0 aliphatic heterocycles. The van der Waals surface area contributed by atoms with Gasteiger partial charge < -0.3 is 9.15 Å². The van der Waals surface area contributed by atoms with Crippen molar-refractivity contribution in [2.75, 3.05) is 6.61 Å². The van der Waals surface area contributed by atoms with E-state index in [2.05, 4.69) is 25.1 Å². The normalized spacial score (nSPS) is 11.6. The summed E-state index contributed by atoms with van der Waals surface area (Å²) in [6.45, 7) is 1.73. The number of hydrogen-bond acceptors (Lipinski definition) is 9. The van der Waals surface area contributed by atoms with Gasteiger partial charge in [0.2, 0.25) is 5.01 Å². The molecule has 2 heterocycles. The Balaban J connectivity index is 2.07. The summed E-state index contributed by atoms with van der Waals surface area (Å²) in [5, 5.41) is 12.0. The van der Waals surface area contributed by atoms with Gasteiger partial charge in [0.1, 0.15) is 0 Å². The fraction of sp³-hybridized carbons (Fsp3) is 0.375. The van der Waals surface area contributed by atoms with E-state index in [0.29, 0.717) is 23.1 Å². The molecule has 20 heavy (non-hydrogen) atoms. The van der Waals surface area contributed by atoms with Gasteiger partial charge in [-0.05, 0) is 6.92 Å². The summed E-state index contributed by atoms with van der Waals surface area (Å²) in [5.74, 6) is -1.19. The highest BCUT2D eigenvalue weighted by Crippen LogP contribution is 2.36. The van der Waals surface area contributed by atoms with E-state index in [1.807, 2.05) is 0 Å². The summed E-state index contributed by atoms with van der Waals surface area (Å²) in [7, 11) is 0. The van der Waals surface area contributed by atoms with E-state index >= 15 is 0 Å². The van der Waals surface area contributed by atoms with Crippen molar-refractivity contribution < 1.29 is 27.1 Å². The number of esters is 1. The van der Waals surface area contributed by atoms with Gasteiger partial charge in [0.25, 0.3) is 5.22 Å². The molecule has 0 aliphatic rings. The van der Waals surface area contributed by atoms with Gasteiger partial charge >= 0.3 is 18.0 Å². The van der Waals surface area contributed by atoms with Crippen LogP contribution in [0.5, 0.6) is 0 Å². The molecule has 12 heteroatoms. The molecule has 7 nitrogen and oxygen atoms in total. The van der Waals surface area contributed by atoms with Gasteiger partial charge in [0.15, 0.2) is 4.34 Å². The number of carbonyl (C=O) groups excluding carboxylic acids is 1. The molecular formula is C8H5F3N4O3S2. The van der Waals surface area contributed by atoms with E-state index in [-0.39, 0.29) is 22.1 Å². The van der Waals surface area contributed by atoms with Crippen molar-refractivity contribution in [1.29, 1.82) is 0 Å². The van der Waals surface area contributed by atoms with Gasteiger partial charge in [-0.25, -0.2) is 4.79 Å². The minimum absolute atomic E-state index is 0.0311. The Morgan fingerprint density at radius 3 is 2.70 bits per heavy atom. The first kappa shape index (κ1) is 14.7. The van der Waals surface area contributed by atoms with Crippen molar-refractivity contribution in [2.45, 2.75) is 22.7 Å². The van der Waals surface area contributed by atoms with Crippen LogP contribution in [0.1, 0.15) is 22.6 Å². The second-order valence-corrected chi connectivity index (χ2v) is 5.24. The Hall–Kier alpha value is -1.69. The fourth-order valence-electron chi connectivity index (χ4n) is 0.967. The van der Waals surface area contributed by atoms with E-state index in [4.69, 9.17) is 4.42 Å². The quantitative estimate of drug-likeness (QED) is 0.790. The summed E-state index contributed by atoms with van der Waals surface area (Å²) in [6, 6.07) is 0. The van der Waals surface area contributed by atoms with Crippen LogP contribution in [-0.4, -0.2) is 33.0 Å². The molecule has 2 aromatic rings. The predicted octanol–water partition coefficient (Wildman–Crippen LogP) is 2.27. The molecule has 2 rings (SSSR count). The van der Waals surface area contributed by atoms with Crippen molar-refractivity contribution in [3.8, 4) is 0 Å². The number of halogens is 3. The lowest BCUT2D eigenvalue weighted by Gasteiger charge is -1.97. The largest absolute Gasteiger partial charge is 0.459 e. The van der Waals surface area contributed by atoms with Crippen molar-refractivity contribution in [1.82, 2.24) is 20.4 Å². The maximum Gasteiger partial charge on any atom is 0.445 e. The van der Waals surface area contributed by atoms with Crippen molar-refractivity contribution in [2.24, 2.45) is 0 Å². The Bertz CT molecular complexity index is 612. The van der Waals surface area contributed by atoms with E-state index in [0.717, 1.165) is 0 Å². The van der Waals surface area contributed by atoms with Crippen LogP contribution in [0.2, 0.25) is 0 Å². The SMILES string of the molecule is CCOC(=O)c1nnc(Sc2nnc(C(F)(F)F)s2)o1. The lowest BCUT2D eigenvalue weighted by atomic mass is 10.7. The number of rotatable bonds is 4. The second-order valence-electron chi connectivity index (χ2n) is 3.07. The molecule has 0 fully saturated rings. The van der Waals surface area contributed by atoms with Crippen molar-refractivity contribution >= 4 is 29.1 Å². The highest BCUT2D eigenvalue weighted by molar-refractivity contribution is 8.00. The molecule has 0 amide bonds. The Kier molecular flexibility index (Phi) is 4.23. The molecule has 0 aliphatic carbocycles. The van der Waals surface area contributed by atoms with Gasteiger partial charge in [-0.3, -0.25) is 0 Å². The molecule has 0 saturated carbocycles. The first-order chi connectivity index (χ1) is 9.40. The number of aromatic nitrogens is 4. The molecule has 0 atom stereocenters. The molecular weight excluding hydrogens is 321 g/mol. The van der Waals surface area contributed by atoms with Gasteiger partial charge in [-0.1, -0.05) is 16.4 Å². The van der Waals surface area contributed by atoms with E-state index < -0.39 is 17.2 Å². The molecule has 0 unspecified atom stereocenters. The van der Waals surface area contributed by atoms with Crippen LogP contribution in [0, 0.1) is 0 Å². The third kappa shape index (κ3) is 3.45. The number of ether oxygens (including phenoxy) is 1. The lowest BCUT2D eigenvalue weighted by Crippen LogP contribution is -2.04. The maximum atomic E-state index is 12.3. The van der Waals surface area contributed by atoms with E-state index in [1.165, 1.54) is 0 Å². The molecule has 0 bridgehead atoms. The van der Waals surface area contributed by atoms with Crippen LogP contribution >= 0.6 is 23.1 Å². The van der Waals surface area contributed by atoms with Gasteiger partial charge in [-0.15, -0.1) is 15.3 Å². The third-order valence-corrected chi connectivity index (χ3v) is 3.54. The average molecular weight is 326 g/mol. The first-order valence-corrected chi connectivity index (χ1v) is 6.62. The average Bonchev–Trinajstić information content (AvgIpc) is 2.98. The summed E-state index contributed by atoms with van der Waals surface area (Å²) >= 11 is 1.01. The molecule has 108 valence electrons. The predicted molar refractivity (Wildman–Crippen MR) is 59.3 cm³/mol. The minimum atomic E-state index is -4.55. The monoisotopic (exact) mass is 326 g/mol. The van der Waals surface area contributed by atoms with E-state index in [9.17, 15) is 18.0 Å². The summed E-state index contributed by atoms with van der Waals surface area (Å²) in [5.41, 5.74) is 0. The molecule has 0 saturated heterocycles. The summed E-state index contributed by atoms with van der Waals surface area (Å²) < 4.78 is 46.5. The highest BCUT2D eigenvalue weighted by Gasteiger charge is 2.36. The van der Waals surface area contributed by atoms with Gasteiger partial charge in [0, 0.05) is 11.8 Å². The molecule has 0 aromatic carbocycles. The third-order valence-electron chi connectivity index (χ3n) is 1.68. The maximum absolute atomic E-state index is 12.3. The summed E-state index contributed by atoms with van der Waals surface area (Å²) in [6.07, 6.45) is -4.55. The molecule has 2 aromatic heterocycles. The van der Waals surface area contributed by atoms with Crippen LogP contribution in [0.3, 0.4) is 0 Å². The number of nitrogens with zero attached hydrogens (tertiary/aromatic N) is 4. The molecule has 0 radical (unpaired) electrons. The number of alkyl halides is 3. The standard InChI is InChI=1S/C8H5F3N4O3S2/c1-2-17-4(16)3-12-14-6(18-3)20-7-15-13-5(19-7)8(9,10)11/h2H2,1H3. The highest BCUT2D eigenvalue weighted by atomic mass is 32.2. The second kappa shape index (κ2) is 5.75. The van der Waals surface area contributed by atoms with Crippen LogP contribution in [0.4, 0.5) is 13.2 Å². The number of carbonyl (C=O) groups is 1. The van der Waals surface area contributed by atoms with Crippen LogP contribution in [0.15, 0.2) is 14.0 Å². The van der Waals surface area contributed by atoms with Crippen LogP contribution in [-0.2, 0) is 10.9 Å². The first-order valence-electron chi connectivity index (χ1n) is 4.99. The zero-order valence-corrected chi connectivity index (χ0v) is 11.3. The van der Waals surface area contributed by atoms with Crippen LogP contribution < -0.4 is 0 Å². The Morgan fingerprint density at radius 2 is 2.10 bits per heavy atom. The smallest absolute Gasteiger partial charge is 0.445 e. The number of hydrogen-bond donors (Lipinski definition) is 0. The minimum Gasteiger partial charge on any atom is -0.459 e. The zero-order valence-electron chi connectivity index (χ0n) is 9.67. The van der Waals surface area contributed by atoms with E-state index in [1.54, 1.807) is 6.92 Å². The van der Waals surface area contributed by atoms with Gasteiger partial charge in [0.05, 0.1) is 6.61 Å².